The predicted octanol–water partition coefficient (Wildman–Crippen LogP) is 3.91. The highest BCUT2D eigenvalue weighted by Crippen LogP contribution is 2.36. The molecule has 0 aromatic carbocycles. The molecule has 0 aliphatic heterocycles. The van der Waals surface area contributed by atoms with E-state index in [-0.39, 0.29) is 17.0 Å². The first kappa shape index (κ1) is 23.4. The molecule has 3 heterocycles. The number of thiophene rings is 1. The Balaban J connectivity index is 1.60. The number of nitrogens with two attached hydrogens (primary N) is 1. The molecule has 3 aromatic rings. The van der Waals surface area contributed by atoms with Crippen molar-refractivity contribution in [3.8, 4) is 16.9 Å². The third-order valence-corrected chi connectivity index (χ3v) is 6.85. The van der Waals surface area contributed by atoms with Crippen LogP contribution in [0.3, 0.4) is 0 Å². The molecule has 178 valence electrons. The molecule has 0 spiro atoms. The van der Waals surface area contributed by atoms with Crippen LogP contribution < -0.4 is 15.8 Å². The molecule has 1 fully saturated rings. The van der Waals surface area contributed by atoms with E-state index in [0.717, 1.165) is 4.88 Å². The zero-order chi connectivity index (χ0) is 23.8. The summed E-state index contributed by atoms with van der Waals surface area (Å²) >= 11 is 1.21. The Bertz CT molecular complexity index is 1150. The highest BCUT2D eigenvalue weighted by Gasteiger charge is 2.46. The SMILES string of the molecule is CCc1sc(C(=O)NC2C(N)CCCC2(F)F)cc1-c1cnn2cc(OCC(F)F)cnc12. The van der Waals surface area contributed by atoms with Crippen LogP contribution in [0, 0.1) is 0 Å². The van der Waals surface area contributed by atoms with Gasteiger partial charge < -0.3 is 15.8 Å². The molecule has 33 heavy (non-hydrogen) atoms. The average Bonchev–Trinajstić information content (AvgIpc) is 3.38. The standard InChI is InChI=1S/C21H23F4N5O2S/c1-2-15-12(13-8-28-30-9-11(7-27-19(13)30)32-10-17(22)23)6-16(33-15)20(31)29-18-14(26)4-3-5-21(18,24)25/h6-9,14,17-18H,2-5,10,26H2,1H3,(H,29,31). The van der Waals surface area contributed by atoms with Gasteiger partial charge in [0, 0.05) is 28.5 Å². The van der Waals surface area contributed by atoms with Crippen molar-refractivity contribution in [1.29, 1.82) is 0 Å². The molecule has 1 saturated carbocycles. The Morgan fingerprint density at radius 2 is 2.18 bits per heavy atom. The van der Waals surface area contributed by atoms with Crippen molar-refractivity contribution >= 4 is 22.9 Å². The van der Waals surface area contributed by atoms with Gasteiger partial charge in [0.1, 0.15) is 12.6 Å². The summed E-state index contributed by atoms with van der Waals surface area (Å²) in [6, 6.07) is -0.599. The molecule has 4 rings (SSSR count). The Labute approximate surface area is 190 Å². The van der Waals surface area contributed by atoms with Crippen LogP contribution in [0.1, 0.15) is 40.7 Å². The van der Waals surface area contributed by atoms with E-state index in [1.807, 2.05) is 6.92 Å². The van der Waals surface area contributed by atoms with Crippen LogP contribution in [0.25, 0.3) is 16.8 Å². The fraction of sp³-hybridized carbons (Fsp3) is 0.476. The number of nitrogens with zero attached hydrogens (tertiary/aromatic N) is 3. The topological polar surface area (TPSA) is 94.5 Å². The molecule has 0 saturated heterocycles. The van der Waals surface area contributed by atoms with Crippen molar-refractivity contribution in [3.63, 3.8) is 0 Å². The lowest BCUT2D eigenvalue weighted by Crippen LogP contribution is -2.59. The molecular formula is C21H23F4N5O2S. The number of rotatable bonds is 7. The van der Waals surface area contributed by atoms with Gasteiger partial charge in [-0.1, -0.05) is 6.92 Å². The van der Waals surface area contributed by atoms with Crippen LogP contribution in [-0.4, -0.2) is 51.5 Å². The molecule has 3 aromatic heterocycles. The van der Waals surface area contributed by atoms with Crippen LogP contribution in [0.15, 0.2) is 24.7 Å². The summed E-state index contributed by atoms with van der Waals surface area (Å²) in [5, 5.41) is 6.65. The van der Waals surface area contributed by atoms with Gasteiger partial charge in [0.25, 0.3) is 18.3 Å². The van der Waals surface area contributed by atoms with Gasteiger partial charge >= 0.3 is 0 Å². The van der Waals surface area contributed by atoms with E-state index in [1.165, 1.54) is 28.2 Å². The number of aromatic nitrogens is 3. The summed E-state index contributed by atoms with van der Waals surface area (Å²) in [6.07, 6.45) is 2.73. The van der Waals surface area contributed by atoms with Crippen molar-refractivity contribution < 1.29 is 27.1 Å². The molecule has 2 atom stereocenters. The summed E-state index contributed by atoms with van der Waals surface area (Å²) in [6.45, 7) is 1.16. The third kappa shape index (κ3) is 4.81. The minimum Gasteiger partial charge on any atom is -0.484 e. The maximum Gasteiger partial charge on any atom is 0.272 e. The van der Waals surface area contributed by atoms with Crippen molar-refractivity contribution in [3.05, 3.63) is 34.4 Å². The molecule has 0 bridgehead atoms. The summed E-state index contributed by atoms with van der Waals surface area (Å²) in [4.78, 5) is 18.2. The summed E-state index contributed by atoms with van der Waals surface area (Å²) in [5.41, 5.74) is 7.65. The van der Waals surface area contributed by atoms with Crippen molar-refractivity contribution in [1.82, 2.24) is 19.9 Å². The van der Waals surface area contributed by atoms with Crippen LogP contribution in [0.4, 0.5) is 17.6 Å². The largest absolute Gasteiger partial charge is 0.484 e. The Morgan fingerprint density at radius 1 is 1.39 bits per heavy atom. The Morgan fingerprint density at radius 3 is 2.88 bits per heavy atom. The minimum absolute atomic E-state index is 0.142. The van der Waals surface area contributed by atoms with Gasteiger partial charge in [-0.3, -0.25) is 4.79 Å². The van der Waals surface area contributed by atoms with Gasteiger partial charge in [0.2, 0.25) is 0 Å². The molecule has 1 aliphatic rings. The summed E-state index contributed by atoms with van der Waals surface area (Å²) in [7, 11) is 0. The second-order valence-electron chi connectivity index (χ2n) is 7.89. The van der Waals surface area contributed by atoms with E-state index in [4.69, 9.17) is 10.5 Å². The monoisotopic (exact) mass is 485 g/mol. The van der Waals surface area contributed by atoms with Gasteiger partial charge in [-0.15, -0.1) is 11.3 Å². The number of ether oxygens (including phenoxy) is 1. The Hall–Kier alpha value is -2.73. The van der Waals surface area contributed by atoms with E-state index in [1.54, 1.807) is 12.3 Å². The molecule has 12 heteroatoms. The second kappa shape index (κ2) is 9.26. The number of nitrogens with one attached hydrogen (secondary N) is 1. The second-order valence-corrected chi connectivity index (χ2v) is 9.02. The molecule has 0 radical (unpaired) electrons. The molecule has 1 aliphatic carbocycles. The zero-order valence-electron chi connectivity index (χ0n) is 17.7. The maximum atomic E-state index is 14.3. The highest BCUT2D eigenvalue weighted by molar-refractivity contribution is 7.14. The molecule has 1 amide bonds. The minimum atomic E-state index is -3.06. The van der Waals surface area contributed by atoms with Gasteiger partial charge in [0.15, 0.2) is 11.4 Å². The first-order chi connectivity index (χ1) is 15.7. The number of carbonyl (C=O) groups is 1. The fourth-order valence-corrected chi connectivity index (χ4v) is 4.96. The van der Waals surface area contributed by atoms with E-state index < -0.39 is 36.9 Å². The molecule has 7 nitrogen and oxygen atoms in total. The number of carbonyl (C=O) groups excluding carboxylic acids is 1. The number of amides is 1. The average molecular weight is 486 g/mol. The highest BCUT2D eigenvalue weighted by atomic mass is 32.1. The number of alkyl halides is 4. The first-order valence-corrected chi connectivity index (χ1v) is 11.3. The van der Waals surface area contributed by atoms with Crippen LogP contribution >= 0.6 is 11.3 Å². The zero-order valence-corrected chi connectivity index (χ0v) is 18.5. The van der Waals surface area contributed by atoms with Crippen molar-refractivity contribution in [2.75, 3.05) is 6.61 Å². The van der Waals surface area contributed by atoms with E-state index >= 15 is 0 Å². The van der Waals surface area contributed by atoms with E-state index in [9.17, 15) is 22.4 Å². The predicted molar refractivity (Wildman–Crippen MR) is 115 cm³/mol. The lowest BCUT2D eigenvalue weighted by atomic mass is 9.87. The lowest BCUT2D eigenvalue weighted by Gasteiger charge is -2.36. The van der Waals surface area contributed by atoms with Gasteiger partial charge in [-0.25, -0.2) is 27.1 Å². The van der Waals surface area contributed by atoms with Gasteiger partial charge in [0.05, 0.1) is 23.5 Å². The van der Waals surface area contributed by atoms with Crippen molar-refractivity contribution in [2.45, 2.75) is 57.0 Å². The maximum absolute atomic E-state index is 14.3. The normalized spacial score (nSPS) is 20.3. The van der Waals surface area contributed by atoms with E-state index in [0.29, 0.717) is 36.0 Å². The van der Waals surface area contributed by atoms with E-state index in [2.05, 4.69) is 15.4 Å². The first-order valence-electron chi connectivity index (χ1n) is 10.5. The fourth-order valence-electron chi connectivity index (χ4n) is 3.95. The lowest BCUT2D eigenvalue weighted by molar-refractivity contribution is -0.0674. The number of halogens is 4. The van der Waals surface area contributed by atoms with Crippen LogP contribution in [0.5, 0.6) is 5.75 Å². The van der Waals surface area contributed by atoms with Crippen molar-refractivity contribution in [2.24, 2.45) is 5.73 Å². The smallest absolute Gasteiger partial charge is 0.272 e. The quantitative estimate of drug-likeness (QED) is 0.495. The summed E-state index contributed by atoms with van der Waals surface area (Å²) in [5.74, 6) is -3.52. The summed E-state index contributed by atoms with van der Waals surface area (Å²) < 4.78 is 59.7. The number of fused-ring (bicyclic) bond motifs is 1. The van der Waals surface area contributed by atoms with Crippen LogP contribution in [0.2, 0.25) is 0 Å². The third-order valence-electron chi connectivity index (χ3n) is 5.57. The number of hydrogen-bond acceptors (Lipinski definition) is 6. The Kier molecular flexibility index (Phi) is 6.57. The van der Waals surface area contributed by atoms with Gasteiger partial charge in [-0.2, -0.15) is 5.10 Å². The van der Waals surface area contributed by atoms with Crippen LogP contribution in [-0.2, 0) is 6.42 Å². The number of hydrogen-bond donors (Lipinski definition) is 2. The van der Waals surface area contributed by atoms with Gasteiger partial charge in [-0.05, 0) is 25.3 Å². The number of aryl methyl sites for hydroxylation is 1. The molecule has 2 unspecified atom stereocenters. The molecule has 3 N–H and O–H groups in total. The molecular weight excluding hydrogens is 462 g/mol.